The van der Waals surface area contributed by atoms with Crippen LogP contribution in [-0.4, -0.2) is 31.3 Å². The van der Waals surface area contributed by atoms with Crippen LogP contribution in [0, 0.1) is 0 Å². The maximum absolute atomic E-state index is 10.1. The summed E-state index contributed by atoms with van der Waals surface area (Å²) in [6, 6.07) is 9.29. The molecule has 106 valence electrons. The Labute approximate surface area is 116 Å². The van der Waals surface area contributed by atoms with Crippen molar-refractivity contribution in [1.29, 1.82) is 0 Å². The molecule has 3 nitrogen and oxygen atoms in total. The molecule has 1 aliphatic carbocycles. The van der Waals surface area contributed by atoms with Gasteiger partial charge in [0, 0.05) is 18.8 Å². The summed E-state index contributed by atoms with van der Waals surface area (Å²) >= 11 is 0. The van der Waals surface area contributed by atoms with E-state index in [1.54, 1.807) is 0 Å². The maximum Gasteiger partial charge on any atom is 0.0743 e. The fraction of sp³-hybridized carbons (Fsp3) is 0.625. The van der Waals surface area contributed by atoms with Crippen LogP contribution in [-0.2, 0) is 0 Å². The molecule has 1 aromatic carbocycles. The maximum atomic E-state index is 10.1. The van der Waals surface area contributed by atoms with Gasteiger partial charge >= 0.3 is 0 Å². The van der Waals surface area contributed by atoms with Crippen molar-refractivity contribution in [3.63, 3.8) is 0 Å². The van der Waals surface area contributed by atoms with Crippen molar-refractivity contribution >= 4 is 5.69 Å². The van der Waals surface area contributed by atoms with Gasteiger partial charge in [-0.3, -0.25) is 0 Å². The van der Waals surface area contributed by atoms with Crippen LogP contribution in [0.1, 0.15) is 44.2 Å². The van der Waals surface area contributed by atoms with E-state index in [-0.39, 0.29) is 12.1 Å². The molecule has 2 rings (SSSR count). The number of anilines is 1. The van der Waals surface area contributed by atoms with Gasteiger partial charge in [-0.25, -0.2) is 0 Å². The third-order valence-corrected chi connectivity index (χ3v) is 4.42. The molecule has 19 heavy (non-hydrogen) atoms. The summed E-state index contributed by atoms with van der Waals surface area (Å²) in [6.45, 7) is 2.16. The van der Waals surface area contributed by atoms with Crippen molar-refractivity contribution in [3.05, 3.63) is 29.8 Å². The summed E-state index contributed by atoms with van der Waals surface area (Å²) < 4.78 is 0. The summed E-state index contributed by atoms with van der Waals surface area (Å²) in [5.74, 6) is 0. The van der Waals surface area contributed by atoms with Crippen molar-refractivity contribution in [1.82, 2.24) is 5.32 Å². The number of rotatable bonds is 4. The van der Waals surface area contributed by atoms with Crippen molar-refractivity contribution in [2.75, 3.05) is 19.0 Å². The zero-order valence-electron chi connectivity index (χ0n) is 12.3. The van der Waals surface area contributed by atoms with E-state index in [4.69, 9.17) is 0 Å². The second-order valence-electron chi connectivity index (χ2n) is 5.63. The van der Waals surface area contributed by atoms with E-state index in [1.165, 1.54) is 17.7 Å². The summed E-state index contributed by atoms with van der Waals surface area (Å²) in [7, 11) is 4.07. The number of nitrogens with one attached hydrogen (secondary N) is 1. The van der Waals surface area contributed by atoms with Crippen LogP contribution in [0.5, 0.6) is 0 Å². The first kappa shape index (κ1) is 14.4. The Morgan fingerprint density at radius 1 is 1.21 bits per heavy atom. The molecule has 0 aromatic heterocycles. The minimum Gasteiger partial charge on any atom is -0.391 e. The van der Waals surface area contributed by atoms with Gasteiger partial charge in [0.1, 0.15) is 0 Å². The highest BCUT2D eigenvalue weighted by Gasteiger charge is 2.26. The largest absolute Gasteiger partial charge is 0.391 e. The molecule has 0 radical (unpaired) electrons. The predicted octanol–water partition coefficient (Wildman–Crippen LogP) is 2.71. The minimum atomic E-state index is -0.186. The van der Waals surface area contributed by atoms with E-state index in [9.17, 15) is 5.11 Å². The Hall–Kier alpha value is -1.06. The van der Waals surface area contributed by atoms with E-state index in [0.717, 1.165) is 19.3 Å². The first-order valence-electron chi connectivity index (χ1n) is 7.31. The molecule has 0 amide bonds. The van der Waals surface area contributed by atoms with E-state index < -0.39 is 0 Å². The Morgan fingerprint density at radius 2 is 1.84 bits per heavy atom. The molecule has 1 fully saturated rings. The Bertz CT molecular complexity index is 390. The zero-order chi connectivity index (χ0) is 13.8. The molecule has 2 N–H and O–H groups in total. The number of hydrogen-bond acceptors (Lipinski definition) is 3. The van der Waals surface area contributed by atoms with Gasteiger partial charge < -0.3 is 15.3 Å². The minimum absolute atomic E-state index is 0.186. The number of likely N-dealkylation sites (N-methyl/N-ethyl adjacent to an activating group) is 1. The van der Waals surface area contributed by atoms with Gasteiger partial charge in [-0.05, 0) is 44.5 Å². The monoisotopic (exact) mass is 262 g/mol. The predicted molar refractivity (Wildman–Crippen MR) is 80.6 cm³/mol. The third-order valence-electron chi connectivity index (χ3n) is 4.42. The van der Waals surface area contributed by atoms with Gasteiger partial charge in [0.15, 0.2) is 0 Å². The van der Waals surface area contributed by atoms with E-state index in [1.807, 2.05) is 7.05 Å². The fourth-order valence-electron chi connectivity index (χ4n) is 2.90. The highest BCUT2D eigenvalue weighted by Crippen LogP contribution is 2.27. The fourth-order valence-corrected chi connectivity index (χ4v) is 2.90. The molecule has 1 aromatic rings. The molecule has 3 atom stereocenters. The SMILES string of the molecule is CNC(C)c1ccc(N(C)C2CCCCC2O)cc1. The first-order valence-corrected chi connectivity index (χ1v) is 7.31. The van der Waals surface area contributed by atoms with Crippen LogP contribution in [0.2, 0.25) is 0 Å². The van der Waals surface area contributed by atoms with Crippen molar-refractivity contribution in [2.24, 2.45) is 0 Å². The van der Waals surface area contributed by atoms with Gasteiger partial charge in [0.25, 0.3) is 0 Å². The second-order valence-corrected chi connectivity index (χ2v) is 5.63. The van der Waals surface area contributed by atoms with Crippen molar-refractivity contribution in [3.8, 4) is 0 Å². The lowest BCUT2D eigenvalue weighted by Crippen LogP contribution is -2.43. The molecule has 0 bridgehead atoms. The topological polar surface area (TPSA) is 35.5 Å². The molecular weight excluding hydrogens is 236 g/mol. The second kappa shape index (κ2) is 6.40. The first-order chi connectivity index (χ1) is 9.13. The lowest BCUT2D eigenvalue weighted by Gasteiger charge is -2.36. The van der Waals surface area contributed by atoms with Crippen LogP contribution in [0.15, 0.2) is 24.3 Å². The van der Waals surface area contributed by atoms with Crippen LogP contribution in [0.25, 0.3) is 0 Å². The molecule has 0 heterocycles. The van der Waals surface area contributed by atoms with Gasteiger partial charge in [-0.15, -0.1) is 0 Å². The highest BCUT2D eigenvalue weighted by atomic mass is 16.3. The highest BCUT2D eigenvalue weighted by molar-refractivity contribution is 5.48. The van der Waals surface area contributed by atoms with E-state index in [0.29, 0.717) is 6.04 Å². The number of hydrogen-bond donors (Lipinski definition) is 2. The van der Waals surface area contributed by atoms with Crippen LogP contribution >= 0.6 is 0 Å². The molecule has 0 aliphatic heterocycles. The lowest BCUT2D eigenvalue weighted by atomic mass is 9.91. The Balaban J connectivity index is 2.08. The van der Waals surface area contributed by atoms with Crippen LogP contribution < -0.4 is 10.2 Å². The average molecular weight is 262 g/mol. The smallest absolute Gasteiger partial charge is 0.0743 e. The Kier molecular flexibility index (Phi) is 4.83. The summed E-state index contributed by atoms with van der Waals surface area (Å²) in [5.41, 5.74) is 2.49. The number of aliphatic hydroxyl groups excluding tert-OH is 1. The number of aliphatic hydroxyl groups is 1. The van der Waals surface area contributed by atoms with Crippen LogP contribution in [0.3, 0.4) is 0 Å². The average Bonchev–Trinajstić information content (AvgIpc) is 2.46. The van der Waals surface area contributed by atoms with E-state index >= 15 is 0 Å². The molecule has 1 aliphatic rings. The normalized spacial score (nSPS) is 25.1. The summed E-state index contributed by atoms with van der Waals surface area (Å²) in [6.07, 6.45) is 4.22. The number of nitrogens with zero attached hydrogens (tertiary/aromatic N) is 1. The zero-order valence-corrected chi connectivity index (χ0v) is 12.3. The Morgan fingerprint density at radius 3 is 2.42 bits per heavy atom. The van der Waals surface area contributed by atoms with Crippen LogP contribution in [0.4, 0.5) is 5.69 Å². The molecule has 3 unspecified atom stereocenters. The molecule has 3 heteroatoms. The van der Waals surface area contributed by atoms with Gasteiger partial charge in [0.05, 0.1) is 12.1 Å². The molecule has 0 spiro atoms. The third kappa shape index (κ3) is 3.28. The van der Waals surface area contributed by atoms with E-state index in [2.05, 4.69) is 48.5 Å². The summed E-state index contributed by atoms with van der Waals surface area (Å²) in [5, 5.41) is 13.4. The molecule has 1 saturated carbocycles. The van der Waals surface area contributed by atoms with Gasteiger partial charge in [0.2, 0.25) is 0 Å². The van der Waals surface area contributed by atoms with Gasteiger partial charge in [-0.1, -0.05) is 25.0 Å². The van der Waals surface area contributed by atoms with Crippen molar-refractivity contribution < 1.29 is 5.11 Å². The molecule has 0 saturated heterocycles. The number of benzene rings is 1. The molecular formula is C16H26N2O. The summed E-state index contributed by atoms with van der Waals surface area (Å²) in [4.78, 5) is 2.23. The quantitative estimate of drug-likeness (QED) is 0.876. The standard InChI is InChI=1S/C16H26N2O/c1-12(17-2)13-8-10-14(11-9-13)18(3)15-6-4-5-7-16(15)19/h8-12,15-17,19H,4-7H2,1-3H3. The van der Waals surface area contributed by atoms with Gasteiger partial charge in [-0.2, -0.15) is 0 Å². The lowest BCUT2D eigenvalue weighted by molar-refractivity contribution is 0.106. The van der Waals surface area contributed by atoms with Crippen molar-refractivity contribution in [2.45, 2.75) is 50.8 Å².